The molecular formula is C22H22ClN3O4. The minimum atomic E-state index is -0.457. The van der Waals surface area contributed by atoms with Crippen LogP contribution in [0.3, 0.4) is 0 Å². The minimum Gasteiger partial charge on any atom is -0.492 e. The molecule has 0 spiro atoms. The van der Waals surface area contributed by atoms with Crippen molar-refractivity contribution in [3.63, 3.8) is 0 Å². The number of hydrogen-bond donors (Lipinski definition) is 1. The molecule has 0 saturated heterocycles. The summed E-state index contributed by atoms with van der Waals surface area (Å²) in [6.07, 6.45) is -0.0148. The first-order valence-electron chi connectivity index (χ1n) is 9.46. The van der Waals surface area contributed by atoms with Crippen molar-refractivity contribution in [3.05, 3.63) is 81.7 Å². The van der Waals surface area contributed by atoms with E-state index in [0.29, 0.717) is 22.2 Å². The molecule has 1 heterocycles. The van der Waals surface area contributed by atoms with Gasteiger partial charge in [-0.2, -0.15) is 5.10 Å². The lowest BCUT2D eigenvalue weighted by Gasteiger charge is -2.13. The van der Waals surface area contributed by atoms with Gasteiger partial charge in [0.15, 0.2) is 0 Å². The summed E-state index contributed by atoms with van der Waals surface area (Å²) in [4.78, 5) is 24.6. The van der Waals surface area contributed by atoms with E-state index < -0.39 is 5.91 Å². The average molecular weight is 428 g/mol. The van der Waals surface area contributed by atoms with Crippen LogP contribution in [0.15, 0.2) is 65.5 Å². The predicted molar refractivity (Wildman–Crippen MR) is 116 cm³/mol. The molecule has 0 saturated carbocycles. The third-order valence-electron chi connectivity index (χ3n) is 3.97. The Bertz CT molecular complexity index is 1070. The van der Waals surface area contributed by atoms with Crippen LogP contribution in [0.2, 0.25) is 5.02 Å². The van der Waals surface area contributed by atoms with Gasteiger partial charge in [0.05, 0.1) is 17.7 Å². The van der Waals surface area contributed by atoms with E-state index >= 15 is 0 Å². The highest BCUT2D eigenvalue weighted by molar-refractivity contribution is 6.32. The van der Waals surface area contributed by atoms with Crippen LogP contribution >= 0.6 is 11.6 Å². The molecule has 0 atom stereocenters. The highest BCUT2D eigenvalue weighted by Crippen LogP contribution is 2.28. The molecule has 1 amide bonds. The van der Waals surface area contributed by atoms with Crippen molar-refractivity contribution in [2.24, 2.45) is 0 Å². The number of halogens is 1. The maximum atomic E-state index is 12.6. The lowest BCUT2D eigenvalue weighted by atomic mass is 10.2. The molecule has 0 aliphatic rings. The van der Waals surface area contributed by atoms with Gasteiger partial charge in [0.25, 0.3) is 11.5 Å². The van der Waals surface area contributed by atoms with E-state index in [1.165, 1.54) is 16.8 Å². The molecule has 30 heavy (non-hydrogen) atoms. The molecule has 0 bridgehead atoms. The van der Waals surface area contributed by atoms with E-state index in [1.54, 1.807) is 18.2 Å². The first kappa shape index (κ1) is 21.4. The fourth-order valence-electron chi connectivity index (χ4n) is 2.62. The molecule has 7 nitrogen and oxygen atoms in total. The van der Waals surface area contributed by atoms with Crippen molar-refractivity contribution in [1.29, 1.82) is 0 Å². The van der Waals surface area contributed by atoms with Crippen LogP contribution in [-0.4, -0.2) is 28.4 Å². The average Bonchev–Trinajstić information content (AvgIpc) is 2.72. The smallest absolute Gasteiger partial charge is 0.276 e. The maximum Gasteiger partial charge on any atom is 0.276 e. The molecule has 0 aliphatic heterocycles. The summed E-state index contributed by atoms with van der Waals surface area (Å²) < 4.78 is 12.4. The molecule has 0 fully saturated rings. The van der Waals surface area contributed by atoms with Gasteiger partial charge >= 0.3 is 0 Å². The summed E-state index contributed by atoms with van der Waals surface area (Å²) in [5, 5.41) is 7.24. The Labute approximate surface area is 179 Å². The van der Waals surface area contributed by atoms with Crippen LogP contribution in [0.25, 0.3) is 0 Å². The topological polar surface area (TPSA) is 82.5 Å². The normalized spacial score (nSPS) is 10.7. The number of hydrogen-bond acceptors (Lipinski definition) is 5. The Morgan fingerprint density at radius 1 is 1.13 bits per heavy atom. The fraction of sp³-hybridized carbons (Fsp3) is 0.227. The number of nitrogens with zero attached hydrogens (tertiary/aromatic N) is 2. The first-order valence-corrected chi connectivity index (χ1v) is 9.84. The number of rotatable bonds is 8. The van der Waals surface area contributed by atoms with E-state index in [2.05, 4.69) is 10.4 Å². The van der Waals surface area contributed by atoms with Crippen molar-refractivity contribution >= 4 is 23.2 Å². The van der Waals surface area contributed by atoms with E-state index in [0.717, 1.165) is 0 Å². The van der Waals surface area contributed by atoms with Crippen LogP contribution in [0.1, 0.15) is 24.3 Å². The summed E-state index contributed by atoms with van der Waals surface area (Å²) in [7, 11) is 0. The largest absolute Gasteiger partial charge is 0.492 e. The van der Waals surface area contributed by atoms with Crippen LogP contribution in [0.5, 0.6) is 11.5 Å². The molecule has 1 N–H and O–H groups in total. The SMILES string of the molecule is CC(C)Oc1ccc(NC(=O)c2ccc(=O)n(CCOc3ccccc3)n2)cc1Cl. The van der Waals surface area contributed by atoms with E-state index in [4.69, 9.17) is 21.1 Å². The quantitative estimate of drug-likeness (QED) is 0.587. The third kappa shape index (κ3) is 5.84. The van der Waals surface area contributed by atoms with Crippen molar-refractivity contribution in [2.45, 2.75) is 26.5 Å². The second-order valence-electron chi connectivity index (χ2n) is 6.71. The van der Waals surface area contributed by atoms with Crippen LogP contribution in [-0.2, 0) is 6.54 Å². The van der Waals surface area contributed by atoms with Gasteiger partial charge in [-0.25, -0.2) is 4.68 Å². The molecule has 8 heteroatoms. The Morgan fingerprint density at radius 3 is 2.60 bits per heavy atom. The number of ether oxygens (including phenoxy) is 2. The zero-order valence-corrected chi connectivity index (χ0v) is 17.4. The highest BCUT2D eigenvalue weighted by atomic mass is 35.5. The van der Waals surface area contributed by atoms with Gasteiger partial charge in [-0.3, -0.25) is 9.59 Å². The number of benzene rings is 2. The molecule has 1 aromatic heterocycles. The lowest BCUT2D eigenvalue weighted by molar-refractivity contribution is 0.101. The Balaban J connectivity index is 1.65. The fourth-order valence-corrected chi connectivity index (χ4v) is 2.85. The lowest BCUT2D eigenvalue weighted by Crippen LogP contribution is -2.28. The molecule has 156 valence electrons. The summed E-state index contributed by atoms with van der Waals surface area (Å²) in [5.74, 6) is 0.775. The van der Waals surface area contributed by atoms with Gasteiger partial charge < -0.3 is 14.8 Å². The van der Waals surface area contributed by atoms with Crippen molar-refractivity contribution < 1.29 is 14.3 Å². The van der Waals surface area contributed by atoms with Gasteiger partial charge in [0, 0.05) is 11.8 Å². The Morgan fingerprint density at radius 2 is 1.90 bits per heavy atom. The monoisotopic (exact) mass is 427 g/mol. The molecule has 2 aromatic carbocycles. The summed E-state index contributed by atoms with van der Waals surface area (Å²) in [5.41, 5.74) is 0.280. The molecular weight excluding hydrogens is 406 g/mol. The Kier molecular flexibility index (Phi) is 7.08. The number of carbonyl (C=O) groups excluding carboxylic acids is 1. The summed E-state index contributed by atoms with van der Waals surface area (Å²) in [6.45, 7) is 4.26. The van der Waals surface area contributed by atoms with Crippen LogP contribution < -0.4 is 20.3 Å². The van der Waals surface area contributed by atoms with Crippen LogP contribution in [0, 0.1) is 0 Å². The number of para-hydroxylation sites is 1. The molecule has 3 aromatic rings. The number of carbonyl (C=O) groups is 1. The second-order valence-corrected chi connectivity index (χ2v) is 7.11. The highest BCUT2D eigenvalue weighted by Gasteiger charge is 2.12. The second kappa shape index (κ2) is 9.93. The van der Waals surface area contributed by atoms with Crippen molar-refractivity contribution in [3.8, 4) is 11.5 Å². The zero-order valence-electron chi connectivity index (χ0n) is 16.7. The number of anilines is 1. The standard InChI is InChI=1S/C22H22ClN3O4/c1-15(2)30-20-10-8-16(14-18(20)23)24-22(28)19-9-11-21(27)26(25-19)12-13-29-17-6-4-3-5-7-17/h3-11,14-15H,12-13H2,1-2H3,(H,24,28). The minimum absolute atomic E-state index is 0.0148. The molecule has 0 radical (unpaired) electrons. The summed E-state index contributed by atoms with van der Waals surface area (Å²) in [6, 6.07) is 16.9. The molecule has 3 rings (SSSR count). The van der Waals surface area contributed by atoms with Gasteiger partial charge in [-0.05, 0) is 50.2 Å². The summed E-state index contributed by atoms with van der Waals surface area (Å²) >= 11 is 6.21. The maximum absolute atomic E-state index is 12.6. The van der Waals surface area contributed by atoms with Gasteiger partial charge in [-0.1, -0.05) is 29.8 Å². The van der Waals surface area contributed by atoms with Crippen molar-refractivity contribution in [1.82, 2.24) is 9.78 Å². The first-order chi connectivity index (χ1) is 14.4. The van der Waals surface area contributed by atoms with E-state index in [9.17, 15) is 9.59 Å². The Hall–Kier alpha value is -3.32. The van der Waals surface area contributed by atoms with Gasteiger partial charge in [0.1, 0.15) is 23.8 Å². The van der Waals surface area contributed by atoms with Crippen molar-refractivity contribution in [2.75, 3.05) is 11.9 Å². The number of nitrogens with one attached hydrogen (secondary N) is 1. The van der Waals surface area contributed by atoms with Crippen LogP contribution in [0.4, 0.5) is 5.69 Å². The van der Waals surface area contributed by atoms with E-state index in [-0.39, 0.29) is 30.5 Å². The zero-order chi connectivity index (χ0) is 21.5. The molecule has 0 unspecified atom stereocenters. The van der Waals surface area contributed by atoms with E-state index in [1.807, 2.05) is 44.2 Å². The van der Waals surface area contributed by atoms with Gasteiger partial charge in [0.2, 0.25) is 0 Å². The number of aromatic nitrogens is 2. The number of amides is 1. The molecule has 0 aliphatic carbocycles. The third-order valence-corrected chi connectivity index (χ3v) is 4.26. The predicted octanol–water partition coefficient (Wildman–Crippen LogP) is 4.02. The van der Waals surface area contributed by atoms with Gasteiger partial charge in [-0.15, -0.1) is 0 Å².